The first-order chi connectivity index (χ1) is 19.7. The minimum absolute atomic E-state index is 0.225. The summed E-state index contributed by atoms with van der Waals surface area (Å²) >= 11 is 0. The molecule has 0 bridgehead atoms. The van der Waals surface area contributed by atoms with Gasteiger partial charge in [-0.25, -0.2) is 9.07 Å². The number of halogens is 1. The zero-order valence-electron chi connectivity index (χ0n) is 23.3. The van der Waals surface area contributed by atoms with E-state index in [2.05, 4.69) is 51.1 Å². The molecule has 7 heteroatoms. The first-order valence-electron chi connectivity index (χ1n) is 14.4. The molecule has 0 saturated carbocycles. The number of ether oxygens (including phenoxy) is 1. The molecule has 2 saturated heterocycles. The Morgan fingerprint density at radius 3 is 1.85 bits per heavy atom. The van der Waals surface area contributed by atoms with E-state index in [1.807, 2.05) is 35.1 Å². The van der Waals surface area contributed by atoms with Gasteiger partial charge in [0.1, 0.15) is 11.6 Å². The molecule has 0 amide bonds. The molecule has 2 fully saturated rings. The van der Waals surface area contributed by atoms with Crippen LogP contribution in [0.5, 0.6) is 5.75 Å². The highest BCUT2D eigenvalue weighted by atomic mass is 19.1. The molecule has 0 unspecified atom stereocenters. The number of hydrogen-bond acceptors (Lipinski definition) is 5. The Hall–Kier alpha value is -3.52. The van der Waals surface area contributed by atoms with Crippen molar-refractivity contribution >= 4 is 0 Å². The molecule has 40 heavy (non-hydrogen) atoms. The smallest absolute Gasteiger partial charge is 0.123 e. The van der Waals surface area contributed by atoms with Gasteiger partial charge in [0, 0.05) is 56.9 Å². The molecule has 0 N–H and O–H groups in total. The fraction of sp³-hybridized carbons (Fsp3) is 0.364. The predicted octanol–water partition coefficient (Wildman–Crippen LogP) is 5.57. The monoisotopic (exact) mass is 539 g/mol. The van der Waals surface area contributed by atoms with E-state index in [4.69, 9.17) is 9.84 Å². The van der Waals surface area contributed by atoms with Gasteiger partial charge in [0.05, 0.1) is 24.7 Å². The lowest BCUT2D eigenvalue weighted by Crippen LogP contribution is -2.47. The molecule has 1 aromatic heterocycles. The normalized spacial score (nSPS) is 16.9. The van der Waals surface area contributed by atoms with E-state index in [1.54, 1.807) is 7.11 Å². The quantitative estimate of drug-likeness (QED) is 0.278. The molecule has 6 nitrogen and oxygen atoms in total. The number of nitrogens with zero attached hydrogens (tertiary/aromatic N) is 5. The second kappa shape index (κ2) is 12.3. The van der Waals surface area contributed by atoms with Crippen molar-refractivity contribution in [3.63, 3.8) is 0 Å². The molecule has 2 aliphatic rings. The number of likely N-dealkylation sites (tertiary alicyclic amines) is 1. The maximum atomic E-state index is 13.4. The van der Waals surface area contributed by atoms with E-state index >= 15 is 0 Å². The van der Waals surface area contributed by atoms with Crippen LogP contribution in [0.3, 0.4) is 0 Å². The topological polar surface area (TPSA) is 36.8 Å². The minimum Gasteiger partial charge on any atom is -0.497 e. The molecule has 0 atom stereocenters. The van der Waals surface area contributed by atoms with Crippen molar-refractivity contribution in [3.05, 3.63) is 90.4 Å². The standard InChI is InChI=1S/C33H38FN5O/c1-40-32-14-8-28(9-15-32)33-29(25-38-22-20-37(21-23-38)19-18-36-16-2-3-17-36)24-35-39(33)31-12-6-27(7-13-31)26-4-10-30(34)11-5-26/h4-15,24H,2-3,16-23,25H2,1H3. The van der Waals surface area contributed by atoms with Gasteiger partial charge in [-0.1, -0.05) is 24.3 Å². The lowest BCUT2D eigenvalue weighted by molar-refractivity contribution is 0.118. The van der Waals surface area contributed by atoms with E-state index < -0.39 is 0 Å². The van der Waals surface area contributed by atoms with Crippen LogP contribution >= 0.6 is 0 Å². The fourth-order valence-corrected chi connectivity index (χ4v) is 5.89. The highest BCUT2D eigenvalue weighted by Gasteiger charge is 2.22. The van der Waals surface area contributed by atoms with Crippen LogP contribution < -0.4 is 4.74 Å². The first kappa shape index (κ1) is 26.7. The lowest BCUT2D eigenvalue weighted by atomic mass is 10.0. The zero-order valence-corrected chi connectivity index (χ0v) is 23.3. The first-order valence-corrected chi connectivity index (χ1v) is 14.4. The molecule has 2 aliphatic heterocycles. The Bertz CT molecular complexity index is 1370. The molecule has 4 aromatic rings. The van der Waals surface area contributed by atoms with Crippen molar-refractivity contribution in [3.8, 4) is 33.8 Å². The van der Waals surface area contributed by atoms with Gasteiger partial charge < -0.3 is 9.64 Å². The Morgan fingerprint density at radius 2 is 1.23 bits per heavy atom. The van der Waals surface area contributed by atoms with Crippen LogP contribution in [0.25, 0.3) is 28.1 Å². The molecule has 3 heterocycles. The maximum Gasteiger partial charge on any atom is 0.123 e. The summed E-state index contributed by atoms with van der Waals surface area (Å²) in [5.41, 5.74) is 6.47. The summed E-state index contributed by atoms with van der Waals surface area (Å²) < 4.78 is 20.9. The van der Waals surface area contributed by atoms with Crippen LogP contribution in [0.2, 0.25) is 0 Å². The number of piperazine rings is 1. The fourth-order valence-electron chi connectivity index (χ4n) is 5.89. The number of hydrogen-bond donors (Lipinski definition) is 0. The second-order valence-corrected chi connectivity index (χ2v) is 10.9. The zero-order chi connectivity index (χ0) is 27.3. The van der Waals surface area contributed by atoms with E-state index in [0.717, 1.165) is 66.5 Å². The van der Waals surface area contributed by atoms with E-state index in [-0.39, 0.29) is 5.82 Å². The minimum atomic E-state index is -0.225. The molecule has 3 aromatic carbocycles. The summed E-state index contributed by atoms with van der Waals surface area (Å²) in [5.74, 6) is 0.613. The third-order valence-corrected chi connectivity index (χ3v) is 8.29. The maximum absolute atomic E-state index is 13.4. The third-order valence-electron chi connectivity index (χ3n) is 8.29. The van der Waals surface area contributed by atoms with Crippen molar-refractivity contribution < 1.29 is 9.13 Å². The summed E-state index contributed by atoms with van der Waals surface area (Å²) in [7, 11) is 1.69. The van der Waals surface area contributed by atoms with Crippen LogP contribution in [0.15, 0.2) is 79.0 Å². The van der Waals surface area contributed by atoms with Crippen LogP contribution in [0.1, 0.15) is 18.4 Å². The van der Waals surface area contributed by atoms with E-state index in [9.17, 15) is 4.39 Å². The summed E-state index contributed by atoms with van der Waals surface area (Å²) in [6, 6.07) is 23.2. The Labute approximate surface area is 236 Å². The summed E-state index contributed by atoms with van der Waals surface area (Å²) in [4.78, 5) is 7.78. The van der Waals surface area contributed by atoms with Gasteiger partial charge in [-0.15, -0.1) is 0 Å². The molecule has 0 spiro atoms. The average Bonchev–Trinajstić information content (AvgIpc) is 3.68. The number of aromatic nitrogens is 2. The highest BCUT2D eigenvalue weighted by Crippen LogP contribution is 2.30. The lowest BCUT2D eigenvalue weighted by Gasteiger charge is -2.35. The summed E-state index contributed by atoms with van der Waals surface area (Å²) in [6.45, 7) is 10.2. The van der Waals surface area contributed by atoms with Crippen molar-refractivity contribution in [2.24, 2.45) is 0 Å². The van der Waals surface area contributed by atoms with Crippen LogP contribution in [0, 0.1) is 5.82 Å². The van der Waals surface area contributed by atoms with E-state index in [1.165, 1.54) is 56.7 Å². The van der Waals surface area contributed by atoms with E-state index in [0.29, 0.717) is 0 Å². The average molecular weight is 540 g/mol. The van der Waals surface area contributed by atoms with Gasteiger partial charge >= 0.3 is 0 Å². The van der Waals surface area contributed by atoms with Crippen LogP contribution in [-0.4, -0.2) is 83.9 Å². The van der Waals surface area contributed by atoms with Crippen LogP contribution in [0.4, 0.5) is 4.39 Å². The van der Waals surface area contributed by atoms with Gasteiger partial charge in [0.2, 0.25) is 0 Å². The third kappa shape index (κ3) is 6.12. The summed E-state index contributed by atoms with van der Waals surface area (Å²) in [6.07, 6.45) is 4.74. The molecule has 6 rings (SSSR count). The number of benzene rings is 3. The SMILES string of the molecule is COc1ccc(-c2c(CN3CCN(CCN4CCCC4)CC3)cnn2-c2ccc(-c3ccc(F)cc3)cc2)cc1. The Morgan fingerprint density at radius 1 is 0.675 bits per heavy atom. The highest BCUT2D eigenvalue weighted by molar-refractivity contribution is 5.68. The second-order valence-electron chi connectivity index (χ2n) is 10.9. The molecule has 0 aliphatic carbocycles. The Kier molecular flexibility index (Phi) is 8.23. The predicted molar refractivity (Wildman–Crippen MR) is 158 cm³/mol. The van der Waals surface area contributed by atoms with Crippen molar-refractivity contribution in [2.75, 3.05) is 59.5 Å². The van der Waals surface area contributed by atoms with Crippen molar-refractivity contribution in [1.29, 1.82) is 0 Å². The van der Waals surface area contributed by atoms with Gasteiger partial charge in [-0.05, 0) is 85.6 Å². The van der Waals surface area contributed by atoms with Crippen molar-refractivity contribution in [2.45, 2.75) is 19.4 Å². The largest absolute Gasteiger partial charge is 0.497 e. The van der Waals surface area contributed by atoms with Crippen molar-refractivity contribution in [1.82, 2.24) is 24.5 Å². The van der Waals surface area contributed by atoms with Gasteiger partial charge in [-0.3, -0.25) is 9.80 Å². The van der Waals surface area contributed by atoms with Crippen LogP contribution in [-0.2, 0) is 6.54 Å². The molecular weight excluding hydrogens is 501 g/mol. The van der Waals surface area contributed by atoms with Gasteiger partial charge in [-0.2, -0.15) is 5.10 Å². The molecule has 0 radical (unpaired) electrons. The van der Waals surface area contributed by atoms with Gasteiger partial charge in [0.15, 0.2) is 0 Å². The Balaban J connectivity index is 1.20. The molecule has 208 valence electrons. The van der Waals surface area contributed by atoms with Gasteiger partial charge in [0.25, 0.3) is 0 Å². The molecular formula is C33H38FN5O. The number of rotatable bonds is 9. The number of methoxy groups -OCH3 is 1. The summed E-state index contributed by atoms with van der Waals surface area (Å²) in [5, 5.41) is 4.87.